The SMILES string of the molecule is O=S(=O)(CCBr)c1ccc2ccc(-c3[nH]c4cc(C(F)(F)F)cnc4c3CCF)nc2c1. The lowest BCUT2D eigenvalue weighted by Gasteiger charge is -2.07. The molecule has 0 radical (unpaired) electrons. The van der Waals surface area contributed by atoms with Crippen LogP contribution >= 0.6 is 15.9 Å². The number of aryl methyl sites for hydroxylation is 1. The maximum Gasteiger partial charge on any atom is 0.417 e. The Hall–Kier alpha value is -2.53. The van der Waals surface area contributed by atoms with Crippen molar-refractivity contribution in [1.29, 1.82) is 0 Å². The van der Waals surface area contributed by atoms with Gasteiger partial charge in [0, 0.05) is 28.9 Å². The van der Waals surface area contributed by atoms with Gasteiger partial charge in [-0.15, -0.1) is 0 Å². The average Bonchev–Trinajstić information content (AvgIpc) is 3.10. The third-order valence-corrected chi connectivity index (χ3v) is 7.67. The zero-order valence-electron chi connectivity index (χ0n) is 16.4. The van der Waals surface area contributed by atoms with Crippen LogP contribution in [-0.2, 0) is 22.4 Å². The highest BCUT2D eigenvalue weighted by Gasteiger charge is 2.32. The predicted molar refractivity (Wildman–Crippen MR) is 117 cm³/mol. The van der Waals surface area contributed by atoms with Gasteiger partial charge in [-0.1, -0.05) is 28.1 Å². The summed E-state index contributed by atoms with van der Waals surface area (Å²) in [5.41, 5.74) is 0.938. The number of aromatic nitrogens is 3. The first kappa shape index (κ1) is 22.7. The number of halogens is 5. The van der Waals surface area contributed by atoms with Crippen molar-refractivity contribution in [3.8, 4) is 11.4 Å². The number of hydrogen-bond acceptors (Lipinski definition) is 4. The molecule has 1 aromatic carbocycles. The molecule has 0 saturated heterocycles. The lowest BCUT2D eigenvalue weighted by molar-refractivity contribution is -0.137. The van der Waals surface area contributed by atoms with Gasteiger partial charge in [-0.25, -0.2) is 13.4 Å². The summed E-state index contributed by atoms with van der Waals surface area (Å²) in [4.78, 5) is 11.4. The van der Waals surface area contributed by atoms with Crippen molar-refractivity contribution in [1.82, 2.24) is 15.0 Å². The fourth-order valence-electron chi connectivity index (χ4n) is 3.49. The molecular formula is C21H16BrF4N3O2S. The number of pyridine rings is 2. The van der Waals surface area contributed by atoms with Gasteiger partial charge < -0.3 is 4.98 Å². The number of nitrogens with one attached hydrogen (secondary N) is 1. The van der Waals surface area contributed by atoms with E-state index in [1.165, 1.54) is 12.1 Å². The van der Waals surface area contributed by atoms with Crippen LogP contribution in [0, 0.1) is 0 Å². The van der Waals surface area contributed by atoms with Crippen LogP contribution in [0.15, 0.2) is 47.5 Å². The third-order valence-electron chi connectivity index (χ3n) is 5.03. The van der Waals surface area contributed by atoms with Crippen LogP contribution < -0.4 is 0 Å². The monoisotopic (exact) mass is 529 g/mol. The molecular weight excluding hydrogens is 514 g/mol. The average molecular weight is 530 g/mol. The molecule has 32 heavy (non-hydrogen) atoms. The molecule has 5 nitrogen and oxygen atoms in total. The van der Waals surface area contributed by atoms with Crippen LogP contribution in [-0.4, -0.2) is 41.1 Å². The molecule has 11 heteroatoms. The summed E-state index contributed by atoms with van der Waals surface area (Å²) in [7, 11) is -3.50. The van der Waals surface area contributed by atoms with E-state index in [2.05, 4.69) is 30.9 Å². The summed E-state index contributed by atoms with van der Waals surface area (Å²) in [5, 5.41) is 0.974. The zero-order valence-corrected chi connectivity index (χ0v) is 18.8. The van der Waals surface area contributed by atoms with Gasteiger partial charge in [-0.05, 0) is 24.3 Å². The molecule has 0 spiro atoms. The number of aromatic amines is 1. The van der Waals surface area contributed by atoms with Crippen molar-refractivity contribution in [2.75, 3.05) is 17.8 Å². The maximum atomic E-state index is 13.2. The van der Waals surface area contributed by atoms with Crippen LogP contribution in [0.25, 0.3) is 33.3 Å². The van der Waals surface area contributed by atoms with Crippen molar-refractivity contribution in [2.24, 2.45) is 0 Å². The standard InChI is InChI=1S/C21H16BrF4N3O2S/c22-6-8-32(30,31)14-3-1-12-2-4-16(28-17(12)10-14)20-15(5-7-23)19-18(29-20)9-13(11-27-19)21(24,25)26/h1-4,9-11,29H,5-8H2. The molecule has 0 aliphatic carbocycles. The fraction of sp³-hybridized carbons (Fsp3) is 0.238. The highest BCUT2D eigenvalue weighted by atomic mass is 79.9. The minimum atomic E-state index is -4.56. The lowest BCUT2D eigenvalue weighted by atomic mass is 10.1. The second-order valence-electron chi connectivity index (χ2n) is 7.09. The van der Waals surface area contributed by atoms with E-state index < -0.39 is 28.3 Å². The van der Waals surface area contributed by atoms with Crippen LogP contribution in [0.3, 0.4) is 0 Å². The van der Waals surface area contributed by atoms with Gasteiger partial charge in [0.25, 0.3) is 0 Å². The largest absolute Gasteiger partial charge is 0.417 e. The molecule has 0 aliphatic heterocycles. The second kappa shape index (κ2) is 8.43. The van der Waals surface area contributed by atoms with E-state index in [9.17, 15) is 26.0 Å². The second-order valence-corrected chi connectivity index (χ2v) is 10.00. The summed E-state index contributed by atoms with van der Waals surface area (Å²) in [6, 6.07) is 8.89. The molecule has 0 fully saturated rings. The number of fused-ring (bicyclic) bond motifs is 2. The van der Waals surface area contributed by atoms with Crippen LogP contribution in [0.2, 0.25) is 0 Å². The first-order chi connectivity index (χ1) is 15.1. The number of H-pyrrole nitrogens is 1. The molecule has 0 aliphatic rings. The van der Waals surface area contributed by atoms with Crippen LogP contribution in [0.5, 0.6) is 0 Å². The van der Waals surface area contributed by atoms with E-state index in [0.29, 0.717) is 27.9 Å². The van der Waals surface area contributed by atoms with Gasteiger partial charge in [0.2, 0.25) is 0 Å². The zero-order chi connectivity index (χ0) is 23.1. The Labute approximate surface area is 188 Å². The Morgan fingerprint density at radius 2 is 1.84 bits per heavy atom. The van der Waals surface area contributed by atoms with E-state index in [1.807, 2.05) is 0 Å². The Kier molecular flexibility index (Phi) is 5.97. The summed E-state index contributed by atoms with van der Waals surface area (Å²) in [6.07, 6.45) is -3.91. The minimum Gasteiger partial charge on any atom is -0.352 e. The summed E-state index contributed by atoms with van der Waals surface area (Å²) in [5.74, 6) is -0.0753. The van der Waals surface area contributed by atoms with Crippen molar-refractivity contribution in [3.63, 3.8) is 0 Å². The molecule has 1 N–H and O–H groups in total. The number of sulfone groups is 1. The van der Waals surface area contributed by atoms with E-state index >= 15 is 0 Å². The smallest absolute Gasteiger partial charge is 0.352 e. The summed E-state index contributed by atoms with van der Waals surface area (Å²) < 4.78 is 77.3. The van der Waals surface area contributed by atoms with Crippen molar-refractivity contribution >= 4 is 47.7 Å². The summed E-state index contributed by atoms with van der Waals surface area (Å²) in [6.45, 7) is -0.731. The fourth-order valence-corrected chi connectivity index (χ4v) is 5.77. The molecule has 0 bridgehead atoms. The maximum absolute atomic E-state index is 13.2. The van der Waals surface area contributed by atoms with E-state index in [-0.39, 0.29) is 33.4 Å². The molecule has 0 unspecified atom stereocenters. The van der Waals surface area contributed by atoms with Gasteiger partial charge in [0.15, 0.2) is 9.84 Å². The Morgan fingerprint density at radius 1 is 1.09 bits per heavy atom. The highest BCUT2D eigenvalue weighted by Crippen LogP contribution is 2.34. The van der Waals surface area contributed by atoms with E-state index in [0.717, 1.165) is 12.3 Å². The molecule has 0 amide bonds. The highest BCUT2D eigenvalue weighted by molar-refractivity contribution is 9.09. The van der Waals surface area contributed by atoms with Crippen molar-refractivity contribution < 1.29 is 26.0 Å². The minimum absolute atomic E-state index is 0.0624. The number of benzene rings is 1. The Balaban J connectivity index is 1.88. The molecule has 3 aromatic heterocycles. The van der Waals surface area contributed by atoms with Crippen LogP contribution in [0.1, 0.15) is 11.1 Å². The van der Waals surface area contributed by atoms with Crippen molar-refractivity contribution in [2.45, 2.75) is 17.5 Å². The quantitative estimate of drug-likeness (QED) is 0.265. The predicted octanol–water partition coefficient (Wildman–Crippen LogP) is 5.48. The normalized spacial score (nSPS) is 12.7. The molecule has 0 atom stereocenters. The van der Waals surface area contributed by atoms with Gasteiger partial charge in [-0.2, -0.15) is 13.2 Å². The number of hydrogen-bond donors (Lipinski definition) is 1. The third kappa shape index (κ3) is 4.23. The molecule has 3 heterocycles. The van der Waals surface area contributed by atoms with Gasteiger partial charge in [0.05, 0.1) is 50.8 Å². The molecule has 4 rings (SSSR count). The topological polar surface area (TPSA) is 75.7 Å². The van der Waals surface area contributed by atoms with E-state index in [1.54, 1.807) is 18.2 Å². The lowest BCUT2D eigenvalue weighted by Crippen LogP contribution is -2.07. The summed E-state index contributed by atoms with van der Waals surface area (Å²) >= 11 is 3.13. The Bertz CT molecular complexity index is 1420. The van der Waals surface area contributed by atoms with Gasteiger partial charge >= 0.3 is 6.18 Å². The van der Waals surface area contributed by atoms with Crippen molar-refractivity contribution in [3.05, 3.63) is 53.7 Å². The van der Waals surface area contributed by atoms with Crippen LogP contribution in [0.4, 0.5) is 17.6 Å². The first-order valence-corrected chi connectivity index (χ1v) is 12.2. The molecule has 4 aromatic rings. The number of rotatable bonds is 6. The Morgan fingerprint density at radius 3 is 2.53 bits per heavy atom. The number of alkyl halides is 5. The van der Waals surface area contributed by atoms with Gasteiger partial charge in [-0.3, -0.25) is 9.37 Å². The number of nitrogens with zero attached hydrogens (tertiary/aromatic N) is 2. The molecule has 168 valence electrons. The molecule has 0 saturated carbocycles. The van der Waals surface area contributed by atoms with Gasteiger partial charge in [0.1, 0.15) is 0 Å². The van der Waals surface area contributed by atoms with E-state index in [4.69, 9.17) is 0 Å². The first-order valence-electron chi connectivity index (χ1n) is 9.47.